The summed E-state index contributed by atoms with van der Waals surface area (Å²) in [4.78, 5) is 40.6. The van der Waals surface area contributed by atoms with Crippen LogP contribution in [0, 0.1) is 28.6 Å². The summed E-state index contributed by atoms with van der Waals surface area (Å²) < 4.78 is 11.6. The lowest BCUT2D eigenvalue weighted by Gasteiger charge is -2.23. The molecule has 0 radical (unpaired) electrons. The van der Waals surface area contributed by atoms with Gasteiger partial charge in [-0.25, -0.2) is 0 Å². The minimum atomic E-state index is -0.549. The normalized spacial score (nSPS) is 12.5. The van der Waals surface area contributed by atoms with Crippen molar-refractivity contribution >= 4 is 28.8 Å². The number of ether oxygens (including phenoxy) is 2. The van der Waals surface area contributed by atoms with Gasteiger partial charge in [0.25, 0.3) is 0 Å². The third-order valence-electron chi connectivity index (χ3n) is 10.7. The van der Waals surface area contributed by atoms with Crippen LogP contribution in [0.25, 0.3) is 0 Å². The number of unbranched alkanes of at least 4 members (excludes halogenated alkanes) is 12. The number of hydrogen-bond donors (Lipinski definition) is 0. The fourth-order valence-electron chi connectivity index (χ4n) is 6.80. The molecule has 0 saturated carbocycles. The molecular formula is C47H87NO5S. The highest BCUT2D eigenvalue weighted by atomic mass is 32.2. The maximum absolute atomic E-state index is 12.9. The van der Waals surface area contributed by atoms with E-state index in [0.29, 0.717) is 17.5 Å². The first kappa shape index (κ1) is 52.5. The number of carbonyl (C=O) groups is 3. The number of nitrogens with zero attached hydrogens (tertiary/aromatic N) is 1. The predicted molar refractivity (Wildman–Crippen MR) is 233 cm³/mol. The Bertz CT molecular complexity index is 1010. The van der Waals surface area contributed by atoms with Gasteiger partial charge in [0.05, 0.1) is 5.41 Å². The fourth-order valence-corrected chi connectivity index (χ4v) is 7.83. The molecule has 0 amide bonds. The Morgan fingerprint density at radius 2 is 1.17 bits per heavy atom. The minimum Gasteiger partial charge on any atom is -0.462 e. The molecule has 0 aliphatic carbocycles. The molecule has 0 spiro atoms. The van der Waals surface area contributed by atoms with Gasteiger partial charge in [-0.1, -0.05) is 148 Å². The lowest BCUT2D eigenvalue weighted by Crippen LogP contribution is -2.26. The van der Waals surface area contributed by atoms with E-state index in [9.17, 15) is 14.4 Å². The van der Waals surface area contributed by atoms with E-state index in [-0.39, 0.29) is 30.1 Å². The van der Waals surface area contributed by atoms with Crippen molar-refractivity contribution in [2.75, 3.05) is 33.0 Å². The third-order valence-corrected chi connectivity index (χ3v) is 12.1. The first-order valence-electron chi connectivity index (χ1n) is 22.4. The maximum atomic E-state index is 12.9. The van der Waals surface area contributed by atoms with Crippen LogP contribution in [0.15, 0.2) is 0 Å². The molecule has 0 aromatic rings. The van der Waals surface area contributed by atoms with Crippen LogP contribution in [0.1, 0.15) is 215 Å². The van der Waals surface area contributed by atoms with Crippen molar-refractivity contribution in [2.45, 2.75) is 222 Å². The average Bonchev–Trinajstić information content (AvgIpc) is 3.12. The van der Waals surface area contributed by atoms with Crippen LogP contribution in [-0.2, 0) is 23.9 Å². The van der Waals surface area contributed by atoms with Crippen LogP contribution in [0.2, 0.25) is 0 Å². The molecule has 0 aliphatic heterocycles. The van der Waals surface area contributed by atoms with Crippen molar-refractivity contribution < 1.29 is 23.9 Å². The maximum Gasteiger partial charge on any atom is 0.312 e. The summed E-state index contributed by atoms with van der Waals surface area (Å²) in [5.74, 6) is 7.69. The molecule has 1 unspecified atom stereocenters. The second-order valence-electron chi connectivity index (χ2n) is 17.5. The van der Waals surface area contributed by atoms with Gasteiger partial charge in [0, 0.05) is 24.0 Å². The number of esters is 2. The highest BCUT2D eigenvalue weighted by Crippen LogP contribution is 2.31. The quantitative estimate of drug-likeness (QED) is 0.0360. The molecule has 316 valence electrons. The summed E-state index contributed by atoms with van der Waals surface area (Å²) in [6.07, 6.45) is 27.7. The highest BCUT2D eigenvalue weighted by Gasteiger charge is 2.29. The largest absolute Gasteiger partial charge is 0.462 e. The first-order chi connectivity index (χ1) is 25.8. The molecule has 0 aromatic carbocycles. The van der Waals surface area contributed by atoms with Gasteiger partial charge in [0.2, 0.25) is 0 Å². The SMILES string of the molecule is CCCCCCCCCSC(=O)C(C)(C)CCCCCC(CCCCCC(C)(C)C(=O)OCC#CCC(CCCC)CCCC)OC(=O)CCCN(C)C. The minimum absolute atomic E-state index is 0.0795. The van der Waals surface area contributed by atoms with Crippen LogP contribution < -0.4 is 0 Å². The topological polar surface area (TPSA) is 72.9 Å². The molecule has 0 N–H and O–H groups in total. The van der Waals surface area contributed by atoms with E-state index in [0.717, 1.165) is 95.8 Å². The molecule has 0 saturated heterocycles. The van der Waals surface area contributed by atoms with Gasteiger partial charge in [-0.15, -0.1) is 0 Å². The smallest absolute Gasteiger partial charge is 0.312 e. The van der Waals surface area contributed by atoms with Crippen molar-refractivity contribution in [3.63, 3.8) is 0 Å². The fraction of sp³-hybridized carbons (Fsp3) is 0.894. The van der Waals surface area contributed by atoms with Crippen LogP contribution >= 0.6 is 11.8 Å². The standard InChI is InChI=1S/C47H87NO5S/c1-10-13-16-17-18-19-28-40-54-45(51)47(6,7)37-26-21-23-34-42(53-43(49)35-29-38-48(8)9)33-22-20-25-36-46(4,5)44(50)52-39-27-24-32-41(30-14-11-2)31-15-12-3/h41-42H,10-23,25-26,28-40H2,1-9H3. The van der Waals surface area contributed by atoms with Crippen molar-refractivity contribution in [1.29, 1.82) is 0 Å². The second-order valence-corrected chi connectivity index (χ2v) is 18.6. The Balaban J connectivity index is 4.68. The van der Waals surface area contributed by atoms with Crippen molar-refractivity contribution in [2.24, 2.45) is 16.7 Å². The molecule has 0 fully saturated rings. The zero-order chi connectivity index (χ0) is 40.5. The first-order valence-corrected chi connectivity index (χ1v) is 23.4. The molecule has 0 aromatic heterocycles. The van der Waals surface area contributed by atoms with Crippen molar-refractivity contribution in [3.8, 4) is 11.8 Å². The molecular weight excluding hydrogens is 691 g/mol. The van der Waals surface area contributed by atoms with Gasteiger partial charge < -0.3 is 14.4 Å². The summed E-state index contributed by atoms with van der Waals surface area (Å²) in [6, 6.07) is 0. The number of hydrogen-bond acceptors (Lipinski definition) is 7. The zero-order valence-corrected chi connectivity index (χ0v) is 37.9. The van der Waals surface area contributed by atoms with Crippen LogP contribution in [0.5, 0.6) is 0 Å². The number of carbonyl (C=O) groups excluding carboxylic acids is 3. The zero-order valence-electron chi connectivity index (χ0n) is 37.1. The predicted octanol–water partition coefficient (Wildman–Crippen LogP) is 13.1. The molecule has 0 rings (SSSR count). The monoisotopic (exact) mass is 778 g/mol. The summed E-state index contributed by atoms with van der Waals surface area (Å²) in [7, 11) is 4.04. The van der Waals surface area contributed by atoms with E-state index >= 15 is 0 Å². The molecule has 0 heterocycles. The number of rotatable bonds is 35. The molecule has 0 aliphatic rings. The summed E-state index contributed by atoms with van der Waals surface area (Å²) in [5.41, 5.74) is -0.852. The summed E-state index contributed by atoms with van der Waals surface area (Å²) in [5, 5.41) is 0.326. The molecule has 7 heteroatoms. The number of thioether (sulfide) groups is 1. The van der Waals surface area contributed by atoms with Gasteiger partial charge in [0.1, 0.15) is 6.10 Å². The Kier molecular flexibility index (Phi) is 32.7. The van der Waals surface area contributed by atoms with E-state index in [1.807, 2.05) is 27.9 Å². The summed E-state index contributed by atoms with van der Waals surface area (Å²) in [6.45, 7) is 15.9. The molecule has 6 nitrogen and oxygen atoms in total. The summed E-state index contributed by atoms with van der Waals surface area (Å²) >= 11 is 1.53. The van der Waals surface area contributed by atoms with Gasteiger partial charge in [0.15, 0.2) is 11.7 Å². The van der Waals surface area contributed by atoms with Gasteiger partial charge in [-0.2, -0.15) is 0 Å². The van der Waals surface area contributed by atoms with Crippen LogP contribution in [0.3, 0.4) is 0 Å². The Labute approximate surface area is 339 Å². The Morgan fingerprint density at radius 1 is 0.630 bits per heavy atom. The van der Waals surface area contributed by atoms with E-state index in [4.69, 9.17) is 9.47 Å². The highest BCUT2D eigenvalue weighted by molar-refractivity contribution is 8.13. The van der Waals surface area contributed by atoms with E-state index in [2.05, 4.69) is 51.4 Å². The molecule has 1 atom stereocenters. The molecule has 54 heavy (non-hydrogen) atoms. The van der Waals surface area contributed by atoms with Gasteiger partial charge in [-0.05, 0) is 105 Å². The lowest BCUT2D eigenvalue weighted by atomic mass is 9.86. The second kappa shape index (κ2) is 33.6. The van der Waals surface area contributed by atoms with E-state index < -0.39 is 5.41 Å². The Hall–Kier alpha value is -1.52. The Morgan fingerprint density at radius 3 is 1.74 bits per heavy atom. The average molecular weight is 778 g/mol. The van der Waals surface area contributed by atoms with Gasteiger partial charge >= 0.3 is 11.9 Å². The van der Waals surface area contributed by atoms with Crippen molar-refractivity contribution in [3.05, 3.63) is 0 Å². The lowest BCUT2D eigenvalue weighted by molar-refractivity contribution is -0.153. The molecule has 0 bridgehead atoms. The van der Waals surface area contributed by atoms with Crippen LogP contribution in [-0.4, -0.2) is 61.1 Å². The third kappa shape index (κ3) is 29.7. The van der Waals surface area contributed by atoms with Gasteiger partial charge in [-0.3, -0.25) is 14.4 Å². The van der Waals surface area contributed by atoms with Crippen LogP contribution in [0.4, 0.5) is 0 Å². The van der Waals surface area contributed by atoms with Crippen molar-refractivity contribution in [1.82, 2.24) is 4.90 Å². The van der Waals surface area contributed by atoms with E-state index in [1.165, 1.54) is 88.8 Å². The van der Waals surface area contributed by atoms with E-state index in [1.54, 1.807) is 0 Å².